The van der Waals surface area contributed by atoms with E-state index in [9.17, 15) is 4.79 Å². The highest BCUT2D eigenvalue weighted by Crippen LogP contribution is 2.09. The minimum atomic E-state index is -0.196. The van der Waals surface area contributed by atoms with Gasteiger partial charge in [-0.05, 0) is 18.4 Å². The topological polar surface area (TPSA) is 54.0 Å². The van der Waals surface area contributed by atoms with Gasteiger partial charge in [0.2, 0.25) is 0 Å². The van der Waals surface area contributed by atoms with Gasteiger partial charge < -0.3 is 5.32 Å². The molecule has 4 nitrogen and oxygen atoms in total. The van der Waals surface area contributed by atoms with Crippen LogP contribution in [-0.2, 0) is 6.42 Å². The van der Waals surface area contributed by atoms with E-state index in [-0.39, 0.29) is 6.03 Å². The Balaban J connectivity index is 1.62. The summed E-state index contributed by atoms with van der Waals surface area (Å²) < 4.78 is 0. The highest BCUT2D eigenvalue weighted by molar-refractivity contribution is 7.13. The molecule has 2 aromatic rings. The molecule has 2 amide bonds. The molecule has 0 fully saturated rings. The second-order valence-electron chi connectivity index (χ2n) is 3.81. The second kappa shape index (κ2) is 6.76. The zero-order chi connectivity index (χ0) is 12.6. The Morgan fingerprint density at radius 3 is 2.83 bits per heavy atom. The fourth-order valence-corrected chi connectivity index (χ4v) is 2.09. The molecule has 1 aromatic heterocycles. The number of hydrogen-bond donors (Lipinski definition) is 2. The summed E-state index contributed by atoms with van der Waals surface area (Å²) in [6, 6.07) is 10.0. The standard InChI is InChI=1S/C13H15N3OS/c17-12(16-13-15-9-10-18-13)14-8-4-7-11-5-2-1-3-6-11/h1-3,5-6,9-10H,4,7-8H2,(H2,14,15,16,17). The van der Waals surface area contributed by atoms with Crippen LogP contribution in [0.15, 0.2) is 41.9 Å². The first-order chi connectivity index (χ1) is 8.84. The summed E-state index contributed by atoms with van der Waals surface area (Å²) in [6.07, 6.45) is 3.56. The summed E-state index contributed by atoms with van der Waals surface area (Å²) in [5, 5.41) is 7.93. The third-order valence-corrected chi connectivity index (χ3v) is 3.11. The van der Waals surface area contributed by atoms with E-state index in [0.29, 0.717) is 11.7 Å². The van der Waals surface area contributed by atoms with E-state index < -0.39 is 0 Å². The molecule has 0 aliphatic rings. The number of nitrogens with zero attached hydrogens (tertiary/aromatic N) is 1. The fourth-order valence-electron chi connectivity index (χ4n) is 1.57. The minimum absolute atomic E-state index is 0.196. The van der Waals surface area contributed by atoms with Crippen molar-refractivity contribution in [3.8, 4) is 0 Å². The molecule has 5 heteroatoms. The van der Waals surface area contributed by atoms with Crippen molar-refractivity contribution in [3.05, 3.63) is 47.5 Å². The summed E-state index contributed by atoms with van der Waals surface area (Å²) in [5.41, 5.74) is 1.29. The zero-order valence-electron chi connectivity index (χ0n) is 9.93. The van der Waals surface area contributed by atoms with Gasteiger partial charge in [0.25, 0.3) is 0 Å². The van der Waals surface area contributed by atoms with Crippen molar-refractivity contribution < 1.29 is 4.79 Å². The smallest absolute Gasteiger partial charge is 0.321 e. The van der Waals surface area contributed by atoms with E-state index >= 15 is 0 Å². The van der Waals surface area contributed by atoms with Crippen LogP contribution in [-0.4, -0.2) is 17.6 Å². The number of carbonyl (C=O) groups excluding carboxylic acids is 1. The van der Waals surface area contributed by atoms with Crippen LogP contribution in [0.4, 0.5) is 9.93 Å². The Bertz CT molecular complexity index is 470. The number of carbonyl (C=O) groups is 1. The highest BCUT2D eigenvalue weighted by atomic mass is 32.1. The van der Waals surface area contributed by atoms with Crippen molar-refractivity contribution in [1.82, 2.24) is 10.3 Å². The molecule has 1 aromatic carbocycles. The van der Waals surface area contributed by atoms with Crippen LogP contribution in [0, 0.1) is 0 Å². The molecule has 0 atom stereocenters. The van der Waals surface area contributed by atoms with Crippen LogP contribution in [0.5, 0.6) is 0 Å². The molecule has 0 spiro atoms. The predicted molar refractivity (Wildman–Crippen MR) is 73.9 cm³/mol. The van der Waals surface area contributed by atoms with Crippen LogP contribution < -0.4 is 10.6 Å². The molecular formula is C13H15N3OS. The number of aromatic nitrogens is 1. The molecule has 0 bridgehead atoms. The molecule has 1 heterocycles. The Labute approximate surface area is 110 Å². The van der Waals surface area contributed by atoms with E-state index in [2.05, 4.69) is 27.8 Å². The molecule has 0 aliphatic carbocycles. The number of anilines is 1. The third-order valence-electron chi connectivity index (χ3n) is 2.42. The summed E-state index contributed by atoms with van der Waals surface area (Å²) in [5.74, 6) is 0. The summed E-state index contributed by atoms with van der Waals surface area (Å²) >= 11 is 1.40. The van der Waals surface area contributed by atoms with Gasteiger partial charge in [-0.1, -0.05) is 30.3 Å². The number of amides is 2. The maximum Gasteiger partial charge on any atom is 0.321 e. The van der Waals surface area contributed by atoms with Crippen molar-refractivity contribution in [1.29, 1.82) is 0 Å². The Morgan fingerprint density at radius 1 is 1.28 bits per heavy atom. The third kappa shape index (κ3) is 4.18. The predicted octanol–water partition coefficient (Wildman–Crippen LogP) is 2.90. The highest BCUT2D eigenvalue weighted by Gasteiger charge is 2.02. The number of urea groups is 1. The Kier molecular flexibility index (Phi) is 4.72. The van der Waals surface area contributed by atoms with Gasteiger partial charge in [0, 0.05) is 18.1 Å². The zero-order valence-corrected chi connectivity index (χ0v) is 10.7. The number of aryl methyl sites for hydroxylation is 1. The van der Waals surface area contributed by atoms with Crippen LogP contribution in [0.25, 0.3) is 0 Å². The number of benzene rings is 1. The molecular weight excluding hydrogens is 246 g/mol. The van der Waals surface area contributed by atoms with E-state index in [4.69, 9.17) is 0 Å². The van der Waals surface area contributed by atoms with Gasteiger partial charge in [-0.2, -0.15) is 0 Å². The molecule has 0 aliphatic heterocycles. The number of rotatable bonds is 5. The second-order valence-corrected chi connectivity index (χ2v) is 4.70. The van der Waals surface area contributed by atoms with Gasteiger partial charge in [-0.15, -0.1) is 11.3 Å². The van der Waals surface area contributed by atoms with Gasteiger partial charge in [-0.25, -0.2) is 9.78 Å². The van der Waals surface area contributed by atoms with Crippen molar-refractivity contribution in [2.45, 2.75) is 12.8 Å². The summed E-state index contributed by atoms with van der Waals surface area (Å²) in [7, 11) is 0. The molecule has 0 radical (unpaired) electrons. The molecule has 0 saturated carbocycles. The SMILES string of the molecule is O=C(NCCCc1ccccc1)Nc1nccs1. The monoisotopic (exact) mass is 261 g/mol. The van der Waals surface area contributed by atoms with Crippen LogP contribution in [0.3, 0.4) is 0 Å². The van der Waals surface area contributed by atoms with E-state index in [0.717, 1.165) is 12.8 Å². The van der Waals surface area contributed by atoms with Gasteiger partial charge in [0.15, 0.2) is 5.13 Å². The van der Waals surface area contributed by atoms with Crippen molar-refractivity contribution in [3.63, 3.8) is 0 Å². The maximum absolute atomic E-state index is 11.5. The first kappa shape index (κ1) is 12.6. The first-order valence-corrected chi connectivity index (χ1v) is 6.71. The molecule has 0 saturated heterocycles. The largest absolute Gasteiger partial charge is 0.338 e. The van der Waals surface area contributed by atoms with Crippen LogP contribution in [0.1, 0.15) is 12.0 Å². The van der Waals surface area contributed by atoms with Gasteiger partial charge >= 0.3 is 6.03 Å². The summed E-state index contributed by atoms with van der Waals surface area (Å²) in [6.45, 7) is 0.659. The van der Waals surface area contributed by atoms with Gasteiger partial charge in [0.1, 0.15) is 0 Å². The van der Waals surface area contributed by atoms with Crippen LogP contribution >= 0.6 is 11.3 Å². The fraction of sp³-hybridized carbons (Fsp3) is 0.231. The molecule has 94 valence electrons. The lowest BCUT2D eigenvalue weighted by atomic mass is 10.1. The lowest BCUT2D eigenvalue weighted by Crippen LogP contribution is -2.29. The van der Waals surface area contributed by atoms with Crippen molar-refractivity contribution in [2.24, 2.45) is 0 Å². The van der Waals surface area contributed by atoms with Crippen molar-refractivity contribution >= 4 is 22.5 Å². The number of thiazole rings is 1. The average Bonchev–Trinajstić information content (AvgIpc) is 2.89. The normalized spacial score (nSPS) is 10.0. The Hall–Kier alpha value is -1.88. The molecule has 2 N–H and O–H groups in total. The first-order valence-electron chi connectivity index (χ1n) is 5.83. The van der Waals surface area contributed by atoms with E-state index in [1.54, 1.807) is 6.20 Å². The van der Waals surface area contributed by atoms with E-state index in [1.165, 1.54) is 16.9 Å². The van der Waals surface area contributed by atoms with Crippen molar-refractivity contribution in [2.75, 3.05) is 11.9 Å². The van der Waals surface area contributed by atoms with E-state index in [1.807, 2.05) is 23.6 Å². The van der Waals surface area contributed by atoms with Crippen LogP contribution in [0.2, 0.25) is 0 Å². The lowest BCUT2D eigenvalue weighted by Gasteiger charge is -2.05. The number of nitrogens with one attached hydrogen (secondary N) is 2. The minimum Gasteiger partial charge on any atom is -0.338 e. The maximum atomic E-state index is 11.5. The molecule has 18 heavy (non-hydrogen) atoms. The lowest BCUT2D eigenvalue weighted by molar-refractivity contribution is 0.252. The average molecular weight is 261 g/mol. The number of hydrogen-bond acceptors (Lipinski definition) is 3. The molecule has 0 unspecified atom stereocenters. The Morgan fingerprint density at radius 2 is 2.11 bits per heavy atom. The molecule has 2 rings (SSSR count). The van der Waals surface area contributed by atoms with Gasteiger partial charge in [-0.3, -0.25) is 5.32 Å². The quantitative estimate of drug-likeness (QED) is 0.813. The van der Waals surface area contributed by atoms with Gasteiger partial charge in [0.05, 0.1) is 0 Å². The summed E-state index contributed by atoms with van der Waals surface area (Å²) in [4.78, 5) is 15.4.